The molecule has 0 radical (unpaired) electrons. The van der Waals surface area contributed by atoms with Crippen LogP contribution >= 0.6 is 23.4 Å². The van der Waals surface area contributed by atoms with Crippen molar-refractivity contribution < 1.29 is 4.79 Å². The number of anilines is 1. The number of carbonyl (C=O) groups is 1. The monoisotopic (exact) mass is 407 g/mol. The molecule has 1 aromatic heterocycles. The van der Waals surface area contributed by atoms with Crippen molar-refractivity contribution in [3.63, 3.8) is 0 Å². The summed E-state index contributed by atoms with van der Waals surface area (Å²) in [7, 11) is 0. The van der Waals surface area contributed by atoms with Gasteiger partial charge in [0.1, 0.15) is 0 Å². The Morgan fingerprint density at radius 3 is 2.59 bits per heavy atom. The van der Waals surface area contributed by atoms with Gasteiger partial charge in [-0.25, -0.2) is 0 Å². The Hall–Kier alpha value is -1.73. The maximum atomic E-state index is 12.7. The molecule has 2 aromatic rings. The molecular formula is C19H26ClN5OS. The van der Waals surface area contributed by atoms with Crippen LogP contribution in [0.3, 0.4) is 0 Å². The van der Waals surface area contributed by atoms with Crippen molar-refractivity contribution in [3.05, 3.63) is 29.3 Å². The molecule has 8 heteroatoms. The number of aromatic nitrogens is 3. The second-order valence-electron chi connectivity index (χ2n) is 6.56. The van der Waals surface area contributed by atoms with Crippen LogP contribution in [0.25, 0.3) is 5.69 Å². The molecule has 3 rings (SSSR count). The Bertz CT molecular complexity index is 786. The van der Waals surface area contributed by atoms with E-state index < -0.39 is 0 Å². The topological polar surface area (TPSA) is 54.3 Å². The fourth-order valence-electron chi connectivity index (χ4n) is 3.30. The summed E-state index contributed by atoms with van der Waals surface area (Å²) in [5.41, 5.74) is 0.916. The van der Waals surface area contributed by atoms with Gasteiger partial charge < -0.3 is 9.80 Å². The maximum Gasteiger partial charge on any atom is 0.235 e. The number of hydrogen-bond donors (Lipinski definition) is 0. The van der Waals surface area contributed by atoms with Gasteiger partial charge in [-0.3, -0.25) is 9.36 Å². The normalized spacial score (nSPS) is 15.2. The van der Waals surface area contributed by atoms with E-state index in [9.17, 15) is 4.79 Å². The summed E-state index contributed by atoms with van der Waals surface area (Å²) in [6.45, 7) is 9.28. The molecule has 1 saturated heterocycles. The Balaban J connectivity index is 1.94. The number of hydrogen-bond acceptors (Lipinski definition) is 5. The van der Waals surface area contributed by atoms with Gasteiger partial charge in [-0.15, -0.1) is 10.2 Å². The number of halogens is 1. The number of nitrogens with zero attached hydrogens (tertiary/aromatic N) is 5. The molecule has 27 heavy (non-hydrogen) atoms. The van der Waals surface area contributed by atoms with Gasteiger partial charge in [0.25, 0.3) is 0 Å². The van der Waals surface area contributed by atoms with Crippen LogP contribution in [-0.4, -0.2) is 57.0 Å². The van der Waals surface area contributed by atoms with Gasteiger partial charge in [0.2, 0.25) is 11.9 Å². The van der Waals surface area contributed by atoms with Crippen molar-refractivity contribution in [2.75, 3.05) is 31.1 Å². The highest BCUT2D eigenvalue weighted by Gasteiger charge is 2.26. The first-order valence-electron chi connectivity index (χ1n) is 9.46. The van der Waals surface area contributed by atoms with Gasteiger partial charge in [-0.2, -0.15) is 0 Å². The van der Waals surface area contributed by atoms with E-state index >= 15 is 0 Å². The van der Waals surface area contributed by atoms with Crippen LogP contribution in [0.5, 0.6) is 0 Å². The van der Waals surface area contributed by atoms with Gasteiger partial charge in [0, 0.05) is 31.2 Å². The maximum absolute atomic E-state index is 12.7. The van der Waals surface area contributed by atoms with Crippen molar-refractivity contribution in [2.24, 2.45) is 0 Å². The zero-order chi connectivity index (χ0) is 19.4. The molecule has 0 aliphatic carbocycles. The third-order valence-corrected chi connectivity index (χ3v) is 6.04. The molecular weight excluding hydrogens is 382 g/mol. The van der Waals surface area contributed by atoms with E-state index in [0.29, 0.717) is 23.3 Å². The Kier molecular flexibility index (Phi) is 6.65. The van der Waals surface area contributed by atoms with Gasteiger partial charge in [-0.1, -0.05) is 29.4 Å². The van der Waals surface area contributed by atoms with Gasteiger partial charge >= 0.3 is 0 Å². The van der Waals surface area contributed by atoms with Crippen LogP contribution in [0.1, 0.15) is 33.6 Å². The second kappa shape index (κ2) is 8.97. The fourth-order valence-corrected chi connectivity index (χ4v) is 4.43. The standard InChI is InChI=1S/C19H26ClN5OS/c1-4-23(5-2)17(26)14(3)27-19-22-21-18(24-11-6-7-12-24)25(19)16-10-8-9-15(20)13-16/h8-10,13-14H,4-7,11-12H2,1-3H3. The Morgan fingerprint density at radius 1 is 1.26 bits per heavy atom. The van der Waals surface area contributed by atoms with Crippen LogP contribution in [-0.2, 0) is 4.79 Å². The summed E-state index contributed by atoms with van der Waals surface area (Å²) in [6.07, 6.45) is 2.31. The van der Waals surface area contributed by atoms with E-state index in [1.165, 1.54) is 11.8 Å². The third kappa shape index (κ3) is 4.41. The summed E-state index contributed by atoms with van der Waals surface area (Å²) < 4.78 is 2.02. The lowest BCUT2D eigenvalue weighted by Gasteiger charge is -2.23. The first-order chi connectivity index (χ1) is 13.0. The van der Waals surface area contributed by atoms with Crippen molar-refractivity contribution in [1.29, 1.82) is 0 Å². The van der Waals surface area contributed by atoms with Crippen LogP contribution in [0.4, 0.5) is 5.95 Å². The summed E-state index contributed by atoms with van der Waals surface area (Å²) >= 11 is 7.67. The number of amides is 1. The van der Waals surface area contributed by atoms with Crippen molar-refractivity contribution in [2.45, 2.75) is 44.0 Å². The molecule has 0 N–H and O–H groups in total. The van der Waals surface area contributed by atoms with E-state index in [2.05, 4.69) is 15.1 Å². The molecule has 1 unspecified atom stereocenters. The van der Waals surface area contributed by atoms with Crippen molar-refractivity contribution >= 4 is 35.2 Å². The molecule has 6 nitrogen and oxygen atoms in total. The first kappa shape index (κ1) is 20.0. The zero-order valence-electron chi connectivity index (χ0n) is 16.1. The summed E-state index contributed by atoms with van der Waals surface area (Å²) in [5, 5.41) is 10.0. The molecule has 1 aliphatic heterocycles. The van der Waals surface area contributed by atoms with E-state index in [-0.39, 0.29) is 11.2 Å². The molecule has 0 bridgehead atoms. The smallest absolute Gasteiger partial charge is 0.235 e. The molecule has 1 aromatic carbocycles. The quantitative estimate of drug-likeness (QED) is 0.652. The lowest BCUT2D eigenvalue weighted by atomic mass is 10.3. The average molecular weight is 408 g/mol. The lowest BCUT2D eigenvalue weighted by molar-refractivity contribution is -0.129. The van der Waals surface area contributed by atoms with E-state index in [4.69, 9.17) is 11.6 Å². The minimum absolute atomic E-state index is 0.119. The van der Waals surface area contributed by atoms with Crippen LogP contribution in [0, 0.1) is 0 Å². The Morgan fingerprint density at radius 2 is 1.96 bits per heavy atom. The highest BCUT2D eigenvalue weighted by atomic mass is 35.5. The van der Waals surface area contributed by atoms with Crippen LogP contribution < -0.4 is 4.90 Å². The summed E-state index contributed by atoms with van der Waals surface area (Å²) in [5.74, 6) is 0.938. The van der Waals surface area contributed by atoms with E-state index in [1.54, 1.807) is 0 Å². The van der Waals surface area contributed by atoms with Gasteiger partial charge in [-0.05, 0) is 51.8 Å². The van der Waals surface area contributed by atoms with Gasteiger partial charge in [0.05, 0.1) is 10.9 Å². The molecule has 146 valence electrons. The molecule has 1 amide bonds. The number of rotatable bonds is 7. The number of benzene rings is 1. The molecule has 0 spiro atoms. The Labute approximate surface area is 169 Å². The molecule has 0 saturated carbocycles. The first-order valence-corrected chi connectivity index (χ1v) is 10.7. The minimum atomic E-state index is -0.238. The second-order valence-corrected chi connectivity index (χ2v) is 8.31. The number of thioether (sulfide) groups is 1. The predicted octanol–water partition coefficient (Wildman–Crippen LogP) is 3.87. The van der Waals surface area contributed by atoms with Crippen molar-refractivity contribution in [1.82, 2.24) is 19.7 Å². The summed E-state index contributed by atoms with van der Waals surface area (Å²) in [6, 6.07) is 7.68. The average Bonchev–Trinajstić information content (AvgIpc) is 3.32. The third-order valence-electron chi connectivity index (χ3n) is 4.78. The lowest BCUT2D eigenvalue weighted by Crippen LogP contribution is -2.36. The van der Waals surface area contributed by atoms with E-state index in [1.807, 2.05) is 54.5 Å². The SMILES string of the molecule is CCN(CC)C(=O)C(C)Sc1nnc(N2CCCC2)n1-c1cccc(Cl)c1. The minimum Gasteiger partial charge on any atom is -0.342 e. The number of carbonyl (C=O) groups excluding carboxylic acids is 1. The largest absolute Gasteiger partial charge is 0.342 e. The highest BCUT2D eigenvalue weighted by molar-refractivity contribution is 8.00. The van der Waals surface area contributed by atoms with E-state index in [0.717, 1.165) is 37.6 Å². The molecule has 1 aliphatic rings. The van der Waals surface area contributed by atoms with Crippen molar-refractivity contribution in [3.8, 4) is 5.69 Å². The summed E-state index contributed by atoms with van der Waals surface area (Å²) in [4.78, 5) is 16.8. The van der Waals surface area contributed by atoms with Crippen LogP contribution in [0.2, 0.25) is 5.02 Å². The van der Waals surface area contributed by atoms with Gasteiger partial charge in [0.15, 0.2) is 5.16 Å². The molecule has 1 atom stereocenters. The zero-order valence-corrected chi connectivity index (χ0v) is 17.6. The molecule has 1 fully saturated rings. The fraction of sp³-hybridized carbons (Fsp3) is 0.526. The highest BCUT2D eigenvalue weighted by Crippen LogP contribution is 2.31. The molecule has 2 heterocycles. The predicted molar refractivity (Wildman–Crippen MR) is 111 cm³/mol. The van der Waals surface area contributed by atoms with Crippen LogP contribution in [0.15, 0.2) is 29.4 Å².